The molecule has 18 aromatic heterocycles. The van der Waals surface area contributed by atoms with Crippen molar-refractivity contribution >= 4 is 174 Å². The summed E-state index contributed by atoms with van der Waals surface area (Å²) in [7, 11) is 1.95. The SMILES string of the molecule is Cn1ncc2ccccc21.c1cc2occc2cn1.c1cc2sccc2cn1.c1cc2scnc2cn1.c1ccc2cnccc2c1.c1ccc2cnncc2c1.c1ccc2ncccc2c1.c1ccc2nccnc2c1.c1ccc2ncncc2c1.c1ccc2oncc2c1.c1ccc2sncc2c1.c1cnc2cnoc2c1.c1cnc2ncccc2c1. The molecule has 0 saturated carbocycles. The number of hydrogen-bond donors (Lipinski definition) is 0. The Kier molecular flexibility index (Phi) is 31.1. The lowest BCUT2D eigenvalue weighted by atomic mass is 10.2. The highest BCUT2D eigenvalue weighted by atomic mass is 32.1. The van der Waals surface area contributed by atoms with Crippen molar-refractivity contribution < 1.29 is 13.5 Å². The molecule has 0 aliphatic heterocycles. The van der Waals surface area contributed by atoms with E-state index in [-0.39, 0.29) is 0 Å². The molecule has 23 nitrogen and oxygen atoms in total. The number of para-hydroxylation sites is 6. The van der Waals surface area contributed by atoms with Crippen molar-refractivity contribution in [2.75, 3.05) is 0 Å². The Labute approximate surface area is 721 Å². The molecule has 0 radical (unpaired) electrons. The summed E-state index contributed by atoms with van der Waals surface area (Å²) in [5.74, 6) is 0. The molecule has 0 atom stereocenters. The number of benzene rings is 8. The Morgan fingerprint density at radius 3 is 1.43 bits per heavy atom. The first-order valence-electron chi connectivity index (χ1n) is 38.5. The third kappa shape index (κ3) is 25.3. The lowest BCUT2D eigenvalue weighted by molar-refractivity contribution is 0.456. The second-order valence-corrected chi connectivity index (χ2v) is 28.5. The van der Waals surface area contributed by atoms with Gasteiger partial charge < -0.3 is 13.5 Å². The molecule has 0 fully saturated rings. The Morgan fingerprint density at radius 1 is 0.266 bits per heavy atom. The van der Waals surface area contributed by atoms with E-state index in [1.165, 1.54) is 63.5 Å². The zero-order valence-corrected chi connectivity index (χ0v) is 68.8. The molecule has 602 valence electrons. The average Bonchev–Trinajstić information content (AvgIpc) is 1.71. The molecule has 0 unspecified atom stereocenters. The third-order valence-electron chi connectivity index (χ3n) is 17.6. The van der Waals surface area contributed by atoms with E-state index in [9.17, 15) is 0 Å². The number of pyridine rings is 8. The highest BCUT2D eigenvalue weighted by molar-refractivity contribution is 7.17. The van der Waals surface area contributed by atoms with Crippen LogP contribution < -0.4 is 0 Å². The summed E-state index contributed by atoms with van der Waals surface area (Å²) in [5.41, 5.74) is 12.0. The normalized spacial score (nSPS) is 10.1. The van der Waals surface area contributed by atoms with Gasteiger partial charge in [0, 0.05) is 159 Å². The van der Waals surface area contributed by atoms with Gasteiger partial charge in [-0.2, -0.15) is 19.7 Å². The molecule has 0 aliphatic rings. The van der Waals surface area contributed by atoms with Crippen molar-refractivity contribution in [3.63, 3.8) is 0 Å². The second kappa shape index (κ2) is 46.0. The zero-order chi connectivity index (χ0) is 84.5. The molecule has 0 aliphatic carbocycles. The molecule has 0 amide bonds. The van der Waals surface area contributed by atoms with Crippen LogP contribution in [-0.2, 0) is 7.05 Å². The van der Waals surface area contributed by atoms with Gasteiger partial charge in [-0.15, -0.1) is 22.7 Å². The van der Waals surface area contributed by atoms with Crippen molar-refractivity contribution in [3.05, 3.63) is 433 Å². The van der Waals surface area contributed by atoms with Gasteiger partial charge in [0.1, 0.15) is 17.4 Å². The van der Waals surface area contributed by atoms with Crippen molar-refractivity contribution in [1.29, 1.82) is 0 Å². The number of thiophene rings is 1. The molecule has 26 rings (SSSR count). The Morgan fingerprint density at radius 2 is 0.766 bits per heavy atom. The van der Waals surface area contributed by atoms with Crippen LogP contribution in [-0.4, -0.2) is 99.5 Å². The molecule has 0 bridgehead atoms. The highest BCUT2D eigenvalue weighted by Crippen LogP contribution is 2.21. The van der Waals surface area contributed by atoms with Gasteiger partial charge in [-0.05, 0) is 155 Å². The van der Waals surface area contributed by atoms with Gasteiger partial charge >= 0.3 is 0 Å². The van der Waals surface area contributed by atoms with Gasteiger partial charge in [-0.25, -0.2) is 24.9 Å². The fourth-order valence-corrected chi connectivity index (χ4v) is 13.5. The number of aromatic nitrogens is 20. The minimum atomic E-state index is 0.734. The number of fused-ring (bicyclic) bond motifs is 13. The first-order valence-corrected chi connectivity index (χ1v) is 41.0. The molecule has 124 heavy (non-hydrogen) atoms. The number of thiazole rings is 1. The monoisotopic (exact) mass is 1670 g/mol. The van der Waals surface area contributed by atoms with Gasteiger partial charge in [-0.1, -0.05) is 162 Å². The van der Waals surface area contributed by atoms with Gasteiger partial charge in [0.15, 0.2) is 16.8 Å². The van der Waals surface area contributed by atoms with Gasteiger partial charge in [0.05, 0.1) is 91.5 Å². The fraction of sp³-hybridized carbons (Fsp3) is 0.0102. The lowest BCUT2D eigenvalue weighted by Gasteiger charge is -1.91. The predicted molar refractivity (Wildman–Crippen MR) is 499 cm³/mol. The summed E-state index contributed by atoms with van der Waals surface area (Å²) in [6.07, 6.45) is 40.4. The molecule has 26 aromatic rings. The highest BCUT2D eigenvalue weighted by Gasteiger charge is 2.00. The van der Waals surface area contributed by atoms with Crippen molar-refractivity contribution in [2.24, 2.45) is 7.05 Å². The standard InChI is InChI=1S/2C9H7N.C8H8N2.4C8H6N2.2C7H5NO.2C7H5NS.C6H4N2O.C6H4N2S/c1-2-6-9-8(4-1)5-3-7-10-9;1-2-4-9-7-10-6-5-8(9)3-1;1-10-8-5-3-2-4-7(8)6-9-10;1-3-7-4-2-6-10-8(7)9-5-1;1-2-4-8-7(3-1)5-9-6-10-8;1-2-4-8-6-10-9-5-7(8)3-1;1-2-4-8-7(3-1)9-5-6-10-8;1-3-8-5-6-2-4-9-7(1)6;1-2-4-7-6(3-1)5-8-9-7;1-3-8-5-6-2-4-9-7(1)6;1-2-4-7-6(3-1)5-8-9-7;1-2-6-5(7-3-1)4-8-9-6;1-2-7-3-5-6(1)9-4-8-5/h2*1-7H;2-6H,1H3;4*1-6H;4*1-5H;2*1-4H. The van der Waals surface area contributed by atoms with Crippen molar-refractivity contribution in [2.45, 2.75) is 0 Å². The van der Waals surface area contributed by atoms with Crippen LogP contribution >= 0.6 is 34.2 Å². The maximum atomic E-state index is 5.08. The maximum absolute atomic E-state index is 5.08. The first kappa shape index (κ1) is 83.9. The quantitative estimate of drug-likeness (QED) is 0.136. The van der Waals surface area contributed by atoms with Crippen LogP contribution in [0.15, 0.2) is 446 Å². The topological polar surface area (TPSA) is 289 Å². The average molecular weight is 1680 g/mol. The van der Waals surface area contributed by atoms with Crippen LogP contribution in [0.25, 0.3) is 140 Å². The Bertz CT molecular complexity index is 5980. The number of rotatable bonds is 0. The molecule has 8 aromatic carbocycles. The summed E-state index contributed by atoms with van der Waals surface area (Å²) in [6, 6.07) is 91.3. The minimum absolute atomic E-state index is 0.734. The maximum Gasteiger partial charge on any atom is 0.185 e. The van der Waals surface area contributed by atoms with Crippen molar-refractivity contribution in [3.8, 4) is 0 Å². The van der Waals surface area contributed by atoms with Crippen LogP contribution in [0.4, 0.5) is 0 Å². The molecular weight excluding hydrogens is 1600 g/mol. The zero-order valence-electron chi connectivity index (χ0n) is 66.4. The number of furan rings is 1. The second-order valence-electron chi connectivity index (χ2n) is 25.8. The van der Waals surface area contributed by atoms with E-state index in [4.69, 9.17) is 13.5 Å². The van der Waals surface area contributed by atoms with E-state index in [2.05, 4.69) is 155 Å². The number of hydrogen-bond acceptors (Lipinski definition) is 25. The van der Waals surface area contributed by atoms with Gasteiger partial charge in [0.25, 0.3) is 0 Å². The Hall–Kier alpha value is -16.6. The van der Waals surface area contributed by atoms with Crippen LogP contribution in [0, 0.1) is 0 Å². The van der Waals surface area contributed by atoms with Crippen molar-refractivity contribution in [1.82, 2.24) is 99.5 Å². The predicted octanol–water partition coefficient (Wildman–Crippen LogP) is 23.7. The van der Waals surface area contributed by atoms with Crippen LogP contribution in [0.3, 0.4) is 0 Å². The molecule has 0 spiro atoms. The van der Waals surface area contributed by atoms with Gasteiger partial charge in [0.2, 0.25) is 0 Å². The molecular formula is C98H74N20O3S3. The summed E-state index contributed by atoms with van der Waals surface area (Å²) in [4.78, 5) is 52.4. The molecule has 0 saturated heterocycles. The summed E-state index contributed by atoms with van der Waals surface area (Å²) in [5, 5.41) is 34.8. The Balaban J connectivity index is 0.000000109. The molecule has 18 heterocycles. The lowest BCUT2D eigenvalue weighted by Crippen LogP contribution is -1.87. The van der Waals surface area contributed by atoms with Crippen LogP contribution in [0.1, 0.15) is 0 Å². The van der Waals surface area contributed by atoms with E-state index >= 15 is 0 Å². The summed E-state index contributed by atoms with van der Waals surface area (Å²) < 4.78 is 24.4. The van der Waals surface area contributed by atoms with E-state index < -0.39 is 0 Å². The van der Waals surface area contributed by atoms with E-state index in [0.717, 1.165) is 87.8 Å². The third-order valence-corrected chi connectivity index (χ3v) is 20.1. The first-order chi connectivity index (χ1) is 61.5. The molecule has 0 N–H and O–H groups in total. The largest absolute Gasteiger partial charge is 0.464 e. The number of nitrogens with zero attached hydrogens (tertiary/aromatic N) is 20. The van der Waals surface area contributed by atoms with Crippen LogP contribution in [0.5, 0.6) is 0 Å². The van der Waals surface area contributed by atoms with E-state index in [0.29, 0.717) is 0 Å². The van der Waals surface area contributed by atoms with Gasteiger partial charge in [-0.3, -0.25) is 44.6 Å². The van der Waals surface area contributed by atoms with Crippen LogP contribution in [0.2, 0.25) is 0 Å². The molecule has 26 heteroatoms. The summed E-state index contributed by atoms with van der Waals surface area (Å²) >= 11 is 4.92. The van der Waals surface area contributed by atoms with E-state index in [1.807, 2.05) is 291 Å². The number of aryl methyl sites for hydroxylation is 1. The minimum Gasteiger partial charge on any atom is -0.464 e. The fourth-order valence-electron chi connectivity index (χ4n) is 11.5. The smallest absolute Gasteiger partial charge is 0.185 e. The summed E-state index contributed by atoms with van der Waals surface area (Å²) in [6.45, 7) is 0. The van der Waals surface area contributed by atoms with E-state index in [1.54, 1.807) is 116 Å².